The second-order valence-electron chi connectivity index (χ2n) is 3.76. The molecule has 0 amide bonds. The monoisotopic (exact) mass is 278 g/mol. The molecule has 0 atom stereocenters. The summed E-state index contributed by atoms with van der Waals surface area (Å²) in [6, 6.07) is 9.19. The largest absolute Gasteiger partial charge is 0.478 e. The van der Waals surface area contributed by atoms with Crippen LogP contribution in [0.25, 0.3) is 10.8 Å². The van der Waals surface area contributed by atoms with Crippen LogP contribution in [0.4, 0.5) is 0 Å². The van der Waals surface area contributed by atoms with Gasteiger partial charge in [0.15, 0.2) is 0 Å². The predicted molar refractivity (Wildman–Crippen MR) is 72.0 cm³/mol. The summed E-state index contributed by atoms with van der Waals surface area (Å²) in [5.41, 5.74) is 0.223. The van der Waals surface area contributed by atoms with E-state index in [1.54, 1.807) is 24.3 Å². The number of aliphatic hydroxyl groups excluding tert-OH is 2. The molecule has 0 fully saturated rings. The Morgan fingerprint density at radius 1 is 0.750 bits per heavy atom. The fraction of sp³-hybridized carbons (Fsp3) is 0.143. The summed E-state index contributed by atoms with van der Waals surface area (Å²) in [4.78, 5) is 21.9. The first-order chi connectivity index (χ1) is 9.52. The number of fused-ring (bicyclic) bond motifs is 1. The molecule has 0 spiro atoms. The fourth-order valence-electron chi connectivity index (χ4n) is 1.67. The van der Waals surface area contributed by atoms with Gasteiger partial charge in [0.2, 0.25) is 0 Å². The second kappa shape index (κ2) is 7.22. The normalized spacial score (nSPS) is 9.70. The molecule has 2 aromatic rings. The van der Waals surface area contributed by atoms with E-state index in [0.29, 0.717) is 10.8 Å². The van der Waals surface area contributed by atoms with E-state index in [1.807, 2.05) is 0 Å². The predicted octanol–water partition coefficient (Wildman–Crippen LogP) is 1.21. The maximum absolute atomic E-state index is 10.9. The van der Waals surface area contributed by atoms with Crippen LogP contribution in [0, 0.1) is 0 Å². The molecule has 2 aromatic carbocycles. The lowest BCUT2D eigenvalue weighted by Gasteiger charge is -2.05. The van der Waals surface area contributed by atoms with Crippen LogP contribution < -0.4 is 0 Å². The van der Waals surface area contributed by atoms with Crippen LogP contribution in [0.2, 0.25) is 0 Å². The highest BCUT2D eigenvalue weighted by Gasteiger charge is 2.13. The molecule has 0 bridgehead atoms. The zero-order chi connectivity index (χ0) is 15.1. The summed E-state index contributed by atoms with van der Waals surface area (Å²) in [5.74, 6) is -2.12. The Morgan fingerprint density at radius 3 is 1.35 bits per heavy atom. The Morgan fingerprint density at radius 2 is 1.10 bits per heavy atom. The zero-order valence-electron chi connectivity index (χ0n) is 10.5. The van der Waals surface area contributed by atoms with Crippen LogP contribution in [-0.2, 0) is 0 Å². The highest BCUT2D eigenvalue weighted by molar-refractivity contribution is 6.10. The highest BCUT2D eigenvalue weighted by Crippen LogP contribution is 2.22. The van der Waals surface area contributed by atoms with Crippen molar-refractivity contribution in [1.82, 2.24) is 0 Å². The number of carboxylic acids is 2. The first kappa shape index (κ1) is 15.6. The highest BCUT2D eigenvalue weighted by atomic mass is 16.4. The van der Waals surface area contributed by atoms with Crippen molar-refractivity contribution in [3.8, 4) is 0 Å². The topological polar surface area (TPSA) is 115 Å². The number of carbonyl (C=O) groups is 2. The minimum absolute atomic E-state index is 0.112. The van der Waals surface area contributed by atoms with Gasteiger partial charge in [-0.1, -0.05) is 24.3 Å². The third kappa shape index (κ3) is 3.53. The molecule has 0 saturated carbocycles. The molecule has 20 heavy (non-hydrogen) atoms. The quantitative estimate of drug-likeness (QED) is 0.670. The van der Waals surface area contributed by atoms with Gasteiger partial charge in [-0.15, -0.1) is 0 Å². The van der Waals surface area contributed by atoms with Gasteiger partial charge in [0.1, 0.15) is 0 Å². The lowest BCUT2D eigenvalue weighted by Crippen LogP contribution is -2.02. The summed E-state index contributed by atoms with van der Waals surface area (Å²) in [7, 11) is 0. The average Bonchev–Trinajstić information content (AvgIpc) is 2.45. The molecule has 0 radical (unpaired) electrons. The Hall–Kier alpha value is -2.44. The Balaban J connectivity index is 0.000000444. The number of rotatable bonds is 3. The maximum Gasteiger partial charge on any atom is 0.336 e. The van der Waals surface area contributed by atoms with Crippen LogP contribution in [0.15, 0.2) is 36.4 Å². The lowest BCUT2D eigenvalue weighted by molar-refractivity contribution is 0.0684. The van der Waals surface area contributed by atoms with Crippen molar-refractivity contribution in [2.24, 2.45) is 0 Å². The van der Waals surface area contributed by atoms with E-state index < -0.39 is 11.9 Å². The summed E-state index contributed by atoms with van der Waals surface area (Å²) in [6.45, 7) is -0.250. The molecule has 0 aliphatic rings. The SMILES string of the molecule is O=C(O)c1ccc(C(=O)O)c2ccccc12.OCCO. The molecule has 0 unspecified atom stereocenters. The van der Waals surface area contributed by atoms with Gasteiger partial charge in [-0.05, 0) is 22.9 Å². The van der Waals surface area contributed by atoms with E-state index >= 15 is 0 Å². The second-order valence-corrected chi connectivity index (χ2v) is 3.76. The molecule has 0 aliphatic carbocycles. The summed E-state index contributed by atoms with van der Waals surface area (Å²) < 4.78 is 0. The number of benzene rings is 2. The third-order valence-electron chi connectivity index (χ3n) is 2.48. The molecule has 0 heterocycles. The van der Waals surface area contributed by atoms with Crippen LogP contribution in [0.1, 0.15) is 20.7 Å². The Labute approximate surface area is 114 Å². The molecule has 4 N–H and O–H groups in total. The standard InChI is InChI=1S/C12H8O4.C2H6O2/c13-11(14)9-5-6-10(12(15)16)8-4-2-1-3-7(8)9;3-1-2-4/h1-6H,(H,13,14)(H,15,16);3-4H,1-2H2. The van der Waals surface area contributed by atoms with E-state index in [1.165, 1.54) is 12.1 Å². The van der Waals surface area contributed by atoms with Gasteiger partial charge in [-0.25, -0.2) is 9.59 Å². The summed E-state index contributed by atoms with van der Waals surface area (Å²) >= 11 is 0. The Bertz CT molecular complexity index is 566. The van der Waals surface area contributed by atoms with E-state index in [-0.39, 0.29) is 24.3 Å². The van der Waals surface area contributed by atoms with Gasteiger partial charge in [0.05, 0.1) is 24.3 Å². The van der Waals surface area contributed by atoms with E-state index in [2.05, 4.69) is 0 Å². The van der Waals surface area contributed by atoms with Gasteiger partial charge in [-0.3, -0.25) is 0 Å². The smallest absolute Gasteiger partial charge is 0.336 e. The van der Waals surface area contributed by atoms with Crippen molar-refractivity contribution < 1.29 is 30.0 Å². The molecule has 6 heteroatoms. The summed E-state index contributed by atoms with van der Waals surface area (Å²) in [6.07, 6.45) is 0. The van der Waals surface area contributed by atoms with Crippen LogP contribution in [0.3, 0.4) is 0 Å². The van der Waals surface area contributed by atoms with Gasteiger partial charge >= 0.3 is 11.9 Å². The minimum Gasteiger partial charge on any atom is -0.478 e. The number of aromatic carboxylic acids is 2. The van der Waals surface area contributed by atoms with E-state index in [4.69, 9.17) is 20.4 Å². The Kier molecular flexibility index (Phi) is 5.64. The average molecular weight is 278 g/mol. The molecule has 6 nitrogen and oxygen atoms in total. The van der Waals surface area contributed by atoms with Crippen molar-refractivity contribution in [3.05, 3.63) is 47.5 Å². The summed E-state index contributed by atoms with van der Waals surface area (Å²) in [5, 5.41) is 34.1. The van der Waals surface area contributed by atoms with Gasteiger partial charge in [0.25, 0.3) is 0 Å². The van der Waals surface area contributed by atoms with Crippen molar-refractivity contribution >= 4 is 22.7 Å². The van der Waals surface area contributed by atoms with Gasteiger partial charge in [-0.2, -0.15) is 0 Å². The molecule has 0 aromatic heterocycles. The number of carboxylic acid groups (broad SMARTS) is 2. The number of hydrogen-bond donors (Lipinski definition) is 4. The molecular formula is C14H14O6. The van der Waals surface area contributed by atoms with Crippen molar-refractivity contribution in [1.29, 1.82) is 0 Å². The maximum atomic E-state index is 10.9. The van der Waals surface area contributed by atoms with Gasteiger partial charge < -0.3 is 20.4 Å². The van der Waals surface area contributed by atoms with Gasteiger partial charge in [0, 0.05) is 0 Å². The minimum atomic E-state index is -1.06. The molecule has 2 rings (SSSR count). The number of aliphatic hydroxyl groups is 2. The zero-order valence-corrected chi connectivity index (χ0v) is 10.5. The third-order valence-corrected chi connectivity index (χ3v) is 2.48. The number of hydrogen-bond acceptors (Lipinski definition) is 4. The molecule has 0 aliphatic heterocycles. The van der Waals surface area contributed by atoms with Crippen LogP contribution >= 0.6 is 0 Å². The van der Waals surface area contributed by atoms with Crippen molar-refractivity contribution in [2.75, 3.05) is 13.2 Å². The van der Waals surface area contributed by atoms with Crippen molar-refractivity contribution in [3.63, 3.8) is 0 Å². The fourth-order valence-corrected chi connectivity index (χ4v) is 1.67. The van der Waals surface area contributed by atoms with Crippen molar-refractivity contribution in [2.45, 2.75) is 0 Å². The molecule has 106 valence electrons. The first-order valence-corrected chi connectivity index (χ1v) is 5.73. The molecular weight excluding hydrogens is 264 g/mol. The molecule has 0 saturated heterocycles. The van der Waals surface area contributed by atoms with Crippen LogP contribution in [-0.4, -0.2) is 45.6 Å². The van der Waals surface area contributed by atoms with E-state index in [9.17, 15) is 9.59 Å². The first-order valence-electron chi connectivity index (χ1n) is 5.73. The lowest BCUT2D eigenvalue weighted by atomic mass is 10.00. The van der Waals surface area contributed by atoms with E-state index in [0.717, 1.165) is 0 Å². The van der Waals surface area contributed by atoms with Crippen LogP contribution in [0.5, 0.6) is 0 Å².